The lowest BCUT2D eigenvalue weighted by molar-refractivity contribution is 1.37. The van der Waals surface area contributed by atoms with Crippen LogP contribution in [0.4, 0.5) is 0 Å². The van der Waals surface area contributed by atoms with Crippen molar-refractivity contribution in [1.29, 1.82) is 0 Å². The summed E-state index contributed by atoms with van der Waals surface area (Å²) in [4.78, 5) is 3.37. The molecule has 0 amide bonds. The Labute approximate surface area is 90.1 Å². The lowest BCUT2D eigenvalue weighted by atomic mass is 10.1. The van der Waals surface area contributed by atoms with Crippen LogP contribution in [0, 0.1) is 0 Å². The monoisotopic (exact) mass is 197 g/mol. The minimum atomic E-state index is 1.06. The quantitative estimate of drug-likeness (QED) is 0.696. The maximum Gasteiger partial charge on any atom is 0.0461 e. The number of aromatic amines is 1. The molecule has 15 heavy (non-hydrogen) atoms. The molecule has 0 atom stereocenters. The topological polar surface area (TPSA) is 15.8 Å². The van der Waals surface area contributed by atoms with Crippen molar-refractivity contribution in [2.45, 2.75) is 13.8 Å². The first kappa shape index (κ1) is 9.78. The summed E-state index contributed by atoms with van der Waals surface area (Å²) in [5, 5.41) is 1.23. The zero-order valence-corrected chi connectivity index (χ0v) is 9.17. The Balaban J connectivity index is 2.50. The number of hydrogen-bond donors (Lipinski definition) is 1. The van der Waals surface area contributed by atoms with Gasteiger partial charge in [-0.15, -0.1) is 0 Å². The Morgan fingerprint density at radius 2 is 2.07 bits per heavy atom. The van der Waals surface area contributed by atoms with Gasteiger partial charge in [-0.05, 0) is 37.1 Å². The van der Waals surface area contributed by atoms with E-state index in [1.54, 1.807) is 0 Å². The average Bonchev–Trinajstić information content (AvgIpc) is 2.70. The van der Waals surface area contributed by atoms with Crippen LogP contribution in [-0.2, 0) is 0 Å². The number of allylic oxidation sites excluding steroid dienone is 3. The van der Waals surface area contributed by atoms with Crippen LogP contribution in [0.5, 0.6) is 0 Å². The normalized spacial score (nSPS) is 12.0. The van der Waals surface area contributed by atoms with E-state index in [4.69, 9.17) is 0 Å². The molecule has 0 radical (unpaired) electrons. The van der Waals surface area contributed by atoms with Gasteiger partial charge in [-0.1, -0.05) is 30.9 Å². The molecule has 1 N–H and O–H groups in total. The summed E-state index contributed by atoms with van der Waals surface area (Å²) in [6.07, 6.45) is 2.08. The molecule has 1 aromatic carbocycles. The van der Waals surface area contributed by atoms with E-state index in [1.807, 2.05) is 19.1 Å². The molecular formula is C14H15N. The van der Waals surface area contributed by atoms with Crippen LogP contribution >= 0.6 is 0 Å². The van der Waals surface area contributed by atoms with Crippen LogP contribution < -0.4 is 0 Å². The minimum Gasteiger partial charge on any atom is -0.355 e. The lowest BCUT2D eigenvalue weighted by Gasteiger charge is -2.01. The molecule has 2 aromatic rings. The van der Waals surface area contributed by atoms with Gasteiger partial charge in [-0.3, -0.25) is 0 Å². The van der Waals surface area contributed by atoms with Crippen molar-refractivity contribution in [3.8, 4) is 0 Å². The zero-order valence-electron chi connectivity index (χ0n) is 9.17. The third kappa shape index (κ3) is 1.73. The second-order valence-corrected chi connectivity index (χ2v) is 3.72. The summed E-state index contributed by atoms with van der Waals surface area (Å²) in [6, 6.07) is 10.4. The number of para-hydroxylation sites is 1. The highest BCUT2D eigenvalue weighted by molar-refractivity contribution is 5.87. The second-order valence-electron chi connectivity index (χ2n) is 3.72. The van der Waals surface area contributed by atoms with Crippen molar-refractivity contribution in [2.24, 2.45) is 0 Å². The Bertz CT molecular complexity index is 496. The summed E-state index contributed by atoms with van der Waals surface area (Å²) in [6.45, 7) is 8.20. The Hall–Kier alpha value is -1.76. The van der Waals surface area contributed by atoms with Crippen molar-refractivity contribution in [2.75, 3.05) is 0 Å². The first-order chi connectivity index (χ1) is 7.22. The maximum atomic E-state index is 4.09. The molecule has 1 nitrogen and oxygen atoms in total. The van der Waals surface area contributed by atoms with Crippen LogP contribution in [0.1, 0.15) is 19.5 Å². The summed E-state index contributed by atoms with van der Waals surface area (Å²) in [7, 11) is 0. The molecule has 0 saturated carbocycles. The Morgan fingerprint density at radius 3 is 2.73 bits per heavy atom. The predicted octanol–water partition coefficient (Wildman–Crippen LogP) is 4.15. The number of fused-ring (bicyclic) bond motifs is 1. The molecule has 2 rings (SSSR count). The van der Waals surface area contributed by atoms with Crippen molar-refractivity contribution in [1.82, 2.24) is 4.98 Å². The number of rotatable bonds is 2. The van der Waals surface area contributed by atoms with Gasteiger partial charge >= 0.3 is 0 Å². The lowest BCUT2D eigenvalue weighted by Crippen LogP contribution is -1.83. The van der Waals surface area contributed by atoms with E-state index >= 15 is 0 Å². The number of hydrogen-bond acceptors (Lipinski definition) is 0. The SMILES string of the molecule is C=C(/C(C)=C\C)c1cc2ccccc2[nH]1. The van der Waals surface area contributed by atoms with Gasteiger partial charge in [0, 0.05) is 16.6 Å². The maximum absolute atomic E-state index is 4.09. The van der Waals surface area contributed by atoms with Gasteiger partial charge in [0.05, 0.1) is 0 Å². The van der Waals surface area contributed by atoms with Crippen LogP contribution in [-0.4, -0.2) is 4.98 Å². The van der Waals surface area contributed by atoms with Crippen LogP contribution in [0.3, 0.4) is 0 Å². The summed E-state index contributed by atoms with van der Waals surface area (Å²) in [5.74, 6) is 0. The fourth-order valence-corrected chi connectivity index (χ4v) is 1.62. The van der Waals surface area contributed by atoms with Gasteiger partial charge in [-0.2, -0.15) is 0 Å². The van der Waals surface area contributed by atoms with Crippen LogP contribution in [0.2, 0.25) is 0 Å². The van der Waals surface area contributed by atoms with E-state index in [9.17, 15) is 0 Å². The Morgan fingerprint density at radius 1 is 1.33 bits per heavy atom. The first-order valence-electron chi connectivity index (χ1n) is 5.12. The first-order valence-corrected chi connectivity index (χ1v) is 5.12. The number of nitrogens with one attached hydrogen (secondary N) is 1. The molecule has 0 spiro atoms. The predicted molar refractivity (Wildman–Crippen MR) is 66.8 cm³/mol. The largest absolute Gasteiger partial charge is 0.355 e. The molecule has 0 fully saturated rings. The van der Waals surface area contributed by atoms with Gasteiger partial charge in [0.25, 0.3) is 0 Å². The van der Waals surface area contributed by atoms with Crippen LogP contribution in [0.15, 0.2) is 48.6 Å². The molecule has 0 aliphatic heterocycles. The molecule has 0 unspecified atom stereocenters. The van der Waals surface area contributed by atoms with Crippen LogP contribution in [0.25, 0.3) is 16.5 Å². The smallest absolute Gasteiger partial charge is 0.0461 e. The highest BCUT2D eigenvalue weighted by Gasteiger charge is 2.04. The summed E-state index contributed by atoms with van der Waals surface area (Å²) >= 11 is 0. The molecule has 0 saturated heterocycles. The van der Waals surface area contributed by atoms with Gasteiger partial charge < -0.3 is 4.98 Å². The molecule has 1 heterocycles. The third-order valence-electron chi connectivity index (χ3n) is 2.76. The van der Waals surface area contributed by atoms with Gasteiger partial charge in [0.15, 0.2) is 0 Å². The number of aromatic nitrogens is 1. The van der Waals surface area contributed by atoms with Crippen molar-refractivity contribution in [3.05, 3.63) is 54.3 Å². The van der Waals surface area contributed by atoms with Crippen molar-refractivity contribution >= 4 is 16.5 Å². The van der Waals surface area contributed by atoms with Crippen molar-refractivity contribution < 1.29 is 0 Å². The molecule has 1 heteroatoms. The second kappa shape index (κ2) is 3.77. The highest BCUT2D eigenvalue weighted by atomic mass is 14.7. The van der Waals surface area contributed by atoms with E-state index in [0.29, 0.717) is 0 Å². The zero-order chi connectivity index (χ0) is 10.8. The molecule has 0 bridgehead atoms. The molecule has 0 aliphatic rings. The highest BCUT2D eigenvalue weighted by Crippen LogP contribution is 2.24. The average molecular weight is 197 g/mol. The van der Waals surface area contributed by atoms with Gasteiger partial charge in [0.1, 0.15) is 0 Å². The number of benzene rings is 1. The van der Waals surface area contributed by atoms with Crippen molar-refractivity contribution in [3.63, 3.8) is 0 Å². The minimum absolute atomic E-state index is 1.06. The van der Waals surface area contributed by atoms with E-state index in [0.717, 1.165) is 16.8 Å². The molecule has 0 aliphatic carbocycles. The van der Waals surface area contributed by atoms with Gasteiger partial charge in [0.2, 0.25) is 0 Å². The standard InChI is InChI=1S/C14H15N/c1-4-10(2)11(3)14-9-12-7-5-6-8-13(12)15-14/h4-9,15H,3H2,1-2H3/b10-4-. The summed E-state index contributed by atoms with van der Waals surface area (Å²) in [5.41, 5.74) is 4.54. The van der Waals surface area contributed by atoms with E-state index in [-0.39, 0.29) is 0 Å². The van der Waals surface area contributed by atoms with E-state index < -0.39 is 0 Å². The fourth-order valence-electron chi connectivity index (χ4n) is 1.62. The van der Waals surface area contributed by atoms with E-state index in [2.05, 4.69) is 42.8 Å². The molecular weight excluding hydrogens is 182 g/mol. The van der Waals surface area contributed by atoms with Gasteiger partial charge in [-0.25, -0.2) is 0 Å². The third-order valence-corrected chi connectivity index (χ3v) is 2.76. The summed E-state index contributed by atoms with van der Waals surface area (Å²) < 4.78 is 0. The molecule has 1 aromatic heterocycles. The van der Waals surface area contributed by atoms with E-state index in [1.165, 1.54) is 11.0 Å². The fraction of sp³-hybridized carbons (Fsp3) is 0.143. The molecule has 76 valence electrons. The Kier molecular flexibility index (Phi) is 2.46. The number of H-pyrrole nitrogens is 1.